The first-order valence-electron chi connectivity index (χ1n) is 10.6. The maximum absolute atomic E-state index is 11.9. The van der Waals surface area contributed by atoms with Gasteiger partial charge in [-0.2, -0.15) is 0 Å². The largest absolute Gasteiger partial charge is 0.495 e. The van der Waals surface area contributed by atoms with E-state index < -0.39 is 0 Å². The summed E-state index contributed by atoms with van der Waals surface area (Å²) in [5, 5.41) is 4.01. The van der Waals surface area contributed by atoms with Gasteiger partial charge in [0.2, 0.25) is 5.91 Å². The van der Waals surface area contributed by atoms with Crippen molar-refractivity contribution in [3.05, 3.63) is 64.2 Å². The van der Waals surface area contributed by atoms with Gasteiger partial charge in [0.25, 0.3) is 0 Å². The number of hydrogen-bond acceptors (Lipinski definition) is 5. The van der Waals surface area contributed by atoms with E-state index in [0.717, 1.165) is 36.1 Å². The van der Waals surface area contributed by atoms with Crippen molar-refractivity contribution in [2.75, 3.05) is 19.5 Å². The second-order valence-corrected chi connectivity index (χ2v) is 8.91. The summed E-state index contributed by atoms with van der Waals surface area (Å²) in [5.41, 5.74) is 9.65. The van der Waals surface area contributed by atoms with Crippen LogP contribution in [0, 0.1) is 5.92 Å². The van der Waals surface area contributed by atoms with Gasteiger partial charge in [-0.25, -0.2) is 5.43 Å². The summed E-state index contributed by atoms with van der Waals surface area (Å²) in [6.07, 6.45) is 4.04. The van der Waals surface area contributed by atoms with Gasteiger partial charge in [0.1, 0.15) is 11.5 Å². The van der Waals surface area contributed by atoms with Crippen LogP contribution in [-0.2, 0) is 4.79 Å². The van der Waals surface area contributed by atoms with Crippen molar-refractivity contribution < 1.29 is 14.3 Å². The zero-order chi connectivity index (χ0) is 22.8. The van der Waals surface area contributed by atoms with Gasteiger partial charge in [-0.3, -0.25) is 10.2 Å². The Kier molecular flexibility index (Phi) is 6.96. The van der Waals surface area contributed by atoms with Gasteiger partial charge in [0, 0.05) is 23.4 Å². The number of nitrogens with one attached hydrogen (secondary N) is 3. The Morgan fingerprint density at radius 2 is 1.81 bits per heavy atom. The lowest BCUT2D eigenvalue weighted by Gasteiger charge is -2.34. The molecule has 8 heteroatoms. The van der Waals surface area contributed by atoms with Crippen molar-refractivity contribution in [3.8, 4) is 11.5 Å². The molecule has 1 aliphatic heterocycles. The highest BCUT2D eigenvalue weighted by Crippen LogP contribution is 2.51. The Morgan fingerprint density at radius 1 is 1.12 bits per heavy atom. The third kappa shape index (κ3) is 4.20. The van der Waals surface area contributed by atoms with Crippen molar-refractivity contribution in [2.45, 2.75) is 37.3 Å². The quantitative estimate of drug-likeness (QED) is 0.498. The van der Waals surface area contributed by atoms with Crippen LogP contribution in [0.2, 0.25) is 10.0 Å². The molecular weight excluding hydrogens is 449 g/mol. The number of ether oxygens (including phenoxy) is 2. The summed E-state index contributed by atoms with van der Waals surface area (Å²) in [6, 6.07) is 9.90. The molecular formula is C24H27Cl2N3O3. The van der Waals surface area contributed by atoms with Gasteiger partial charge < -0.3 is 14.8 Å². The summed E-state index contributed by atoms with van der Waals surface area (Å²) in [7, 11) is 3.18. The molecule has 170 valence electrons. The number of methoxy groups -OCH3 is 2. The molecule has 32 heavy (non-hydrogen) atoms. The van der Waals surface area contributed by atoms with Crippen LogP contribution in [0.3, 0.4) is 0 Å². The lowest BCUT2D eigenvalue weighted by atomic mass is 9.72. The van der Waals surface area contributed by atoms with Gasteiger partial charge in [0.15, 0.2) is 0 Å². The summed E-state index contributed by atoms with van der Waals surface area (Å²) < 4.78 is 10.9. The zero-order valence-corrected chi connectivity index (χ0v) is 19.6. The predicted molar refractivity (Wildman–Crippen MR) is 128 cm³/mol. The first-order chi connectivity index (χ1) is 15.5. The van der Waals surface area contributed by atoms with Crippen molar-refractivity contribution in [1.29, 1.82) is 0 Å². The molecule has 1 heterocycles. The van der Waals surface area contributed by atoms with Crippen molar-refractivity contribution >= 4 is 34.8 Å². The van der Waals surface area contributed by atoms with Crippen LogP contribution < -0.4 is 25.6 Å². The number of halogens is 2. The Balaban J connectivity index is 1.58. The van der Waals surface area contributed by atoms with E-state index >= 15 is 0 Å². The lowest BCUT2D eigenvalue weighted by molar-refractivity contribution is -0.111. The molecule has 4 atom stereocenters. The van der Waals surface area contributed by atoms with E-state index in [9.17, 15) is 4.79 Å². The van der Waals surface area contributed by atoms with Gasteiger partial charge in [-0.05, 0) is 48.8 Å². The number of hydrogen-bond donors (Lipinski definition) is 3. The average molecular weight is 476 g/mol. The predicted octanol–water partition coefficient (Wildman–Crippen LogP) is 5.24. The molecule has 2 aromatic carbocycles. The highest BCUT2D eigenvalue weighted by atomic mass is 35.5. The second-order valence-electron chi connectivity index (χ2n) is 8.15. The van der Waals surface area contributed by atoms with E-state index in [1.54, 1.807) is 20.3 Å². The van der Waals surface area contributed by atoms with Crippen molar-refractivity contribution in [2.24, 2.45) is 5.92 Å². The minimum Gasteiger partial charge on any atom is -0.495 e. The fourth-order valence-electron chi connectivity index (χ4n) is 4.96. The molecule has 6 nitrogen and oxygen atoms in total. The number of carbonyl (C=O) groups excluding carboxylic acids is 1. The number of benzene rings is 2. The van der Waals surface area contributed by atoms with Gasteiger partial charge in [-0.1, -0.05) is 48.0 Å². The molecule has 4 rings (SSSR count). The molecule has 1 amide bonds. The summed E-state index contributed by atoms with van der Waals surface area (Å²) >= 11 is 13.4. The Labute approximate surface area is 198 Å². The number of para-hydroxylation sites is 1. The average Bonchev–Trinajstić information content (AvgIpc) is 3.23. The molecule has 0 spiro atoms. The molecule has 2 aliphatic rings. The molecule has 1 saturated carbocycles. The van der Waals surface area contributed by atoms with E-state index in [0.29, 0.717) is 27.5 Å². The van der Waals surface area contributed by atoms with Crippen LogP contribution in [0.25, 0.3) is 0 Å². The fraction of sp³-hybridized carbons (Fsp3) is 0.375. The van der Waals surface area contributed by atoms with Crippen LogP contribution in [0.1, 0.15) is 42.3 Å². The van der Waals surface area contributed by atoms with Gasteiger partial charge in [0.05, 0.1) is 30.3 Å². The van der Waals surface area contributed by atoms with E-state index in [1.165, 1.54) is 6.08 Å². The third-order valence-electron chi connectivity index (χ3n) is 6.51. The number of hydrazine groups is 1. The highest BCUT2D eigenvalue weighted by Gasteiger charge is 2.43. The topological polar surface area (TPSA) is 71.6 Å². The van der Waals surface area contributed by atoms with Gasteiger partial charge >= 0.3 is 0 Å². The first-order valence-corrected chi connectivity index (χ1v) is 11.4. The SMILES string of the molecule is C=CC(=O)Nc1ccccc1C1NNC2C[C@@H](c3c(Cl)c(OC)cc(OC)c3Cl)CCC21. The summed E-state index contributed by atoms with van der Waals surface area (Å²) in [5.74, 6) is 1.43. The number of carbonyl (C=O) groups is 1. The molecule has 0 bridgehead atoms. The summed E-state index contributed by atoms with van der Waals surface area (Å²) in [6.45, 7) is 3.55. The monoisotopic (exact) mass is 475 g/mol. The minimum atomic E-state index is -0.222. The minimum absolute atomic E-state index is 0.0769. The van der Waals surface area contributed by atoms with E-state index in [-0.39, 0.29) is 23.9 Å². The molecule has 1 aliphatic carbocycles. The fourth-order valence-corrected chi connectivity index (χ4v) is 5.77. The molecule has 1 saturated heterocycles. The Morgan fingerprint density at radius 3 is 2.47 bits per heavy atom. The first kappa shape index (κ1) is 22.9. The zero-order valence-electron chi connectivity index (χ0n) is 18.1. The molecule has 0 aromatic heterocycles. The van der Waals surface area contributed by atoms with Crippen molar-refractivity contribution in [1.82, 2.24) is 10.9 Å². The van der Waals surface area contributed by atoms with Crippen LogP contribution in [0.5, 0.6) is 11.5 Å². The molecule has 2 aromatic rings. The van der Waals surface area contributed by atoms with Crippen LogP contribution in [0.15, 0.2) is 43.0 Å². The third-order valence-corrected chi connectivity index (χ3v) is 7.29. The van der Waals surface area contributed by atoms with Gasteiger partial charge in [-0.15, -0.1) is 0 Å². The Hall–Kier alpha value is -2.25. The second kappa shape index (κ2) is 9.71. The van der Waals surface area contributed by atoms with E-state index in [2.05, 4.69) is 22.7 Å². The van der Waals surface area contributed by atoms with Crippen molar-refractivity contribution in [3.63, 3.8) is 0 Å². The van der Waals surface area contributed by atoms with Crippen LogP contribution in [0.4, 0.5) is 5.69 Å². The Bertz CT molecular complexity index is 1000. The lowest BCUT2D eigenvalue weighted by Crippen LogP contribution is -2.35. The maximum atomic E-state index is 11.9. The smallest absolute Gasteiger partial charge is 0.247 e. The number of rotatable bonds is 6. The molecule has 2 fully saturated rings. The number of anilines is 1. The van der Waals surface area contributed by atoms with E-state index in [1.807, 2.05) is 24.3 Å². The number of fused-ring (bicyclic) bond motifs is 1. The molecule has 0 radical (unpaired) electrons. The highest BCUT2D eigenvalue weighted by molar-refractivity contribution is 6.38. The normalized spacial score (nSPS) is 24.5. The molecule has 3 unspecified atom stereocenters. The van der Waals surface area contributed by atoms with Crippen LogP contribution in [-0.4, -0.2) is 26.2 Å². The number of amides is 1. The van der Waals surface area contributed by atoms with Crippen LogP contribution >= 0.6 is 23.2 Å². The standard InChI is InChI=1S/C24H27Cl2N3O3/c1-4-20(30)27-16-8-6-5-7-14(16)24-15-10-9-13(11-17(15)28-29-24)21-22(25)18(31-2)12-19(32-3)23(21)26/h4-8,12-13,15,17,24,28-29H,1,9-11H2,2-3H3,(H,27,30)/t13-,15?,17?,24?/m0/s1. The maximum Gasteiger partial charge on any atom is 0.247 e. The summed E-state index contributed by atoms with van der Waals surface area (Å²) in [4.78, 5) is 11.9. The van der Waals surface area contributed by atoms with E-state index in [4.69, 9.17) is 32.7 Å². The molecule has 3 N–H and O–H groups in total.